The van der Waals surface area contributed by atoms with Gasteiger partial charge in [0, 0.05) is 0 Å². The largest absolute Gasteiger partial charge is 0.461 e. The molecule has 0 aliphatic carbocycles. The molecule has 25 heavy (non-hydrogen) atoms. The highest BCUT2D eigenvalue weighted by molar-refractivity contribution is 5.78. The Hall–Kier alpha value is -2.22. The fourth-order valence-electron chi connectivity index (χ4n) is 2.08. The molecular formula is C17H23F2NO5. The van der Waals surface area contributed by atoms with Crippen LogP contribution in [0, 0.1) is 5.92 Å². The molecule has 2 atom stereocenters. The highest BCUT2D eigenvalue weighted by Gasteiger charge is 2.52. The number of aliphatic hydroxyl groups is 1. The topological polar surface area (TPSA) is 84.9 Å². The molecule has 0 saturated carbocycles. The van der Waals surface area contributed by atoms with Gasteiger partial charge in [0.05, 0.1) is 12.6 Å². The van der Waals surface area contributed by atoms with Crippen molar-refractivity contribution in [2.24, 2.45) is 5.92 Å². The minimum atomic E-state index is -4.16. The second-order valence-corrected chi connectivity index (χ2v) is 5.76. The fraction of sp³-hybridized carbons (Fsp3) is 0.529. The minimum absolute atomic E-state index is 0.0537. The number of hydrogen-bond acceptors (Lipinski definition) is 5. The normalized spacial score (nSPS) is 13.9. The van der Waals surface area contributed by atoms with Crippen LogP contribution in [0.2, 0.25) is 0 Å². The third-order valence-electron chi connectivity index (χ3n) is 3.47. The third-order valence-corrected chi connectivity index (χ3v) is 3.47. The van der Waals surface area contributed by atoms with Crippen LogP contribution in [0.4, 0.5) is 13.6 Å². The van der Waals surface area contributed by atoms with Gasteiger partial charge in [0.2, 0.25) is 0 Å². The van der Waals surface area contributed by atoms with Crippen molar-refractivity contribution >= 4 is 12.1 Å². The van der Waals surface area contributed by atoms with Gasteiger partial charge in [-0.25, -0.2) is 9.59 Å². The number of ether oxygens (including phenoxy) is 2. The van der Waals surface area contributed by atoms with E-state index >= 15 is 0 Å². The summed E-state index contributed by atoms with van der Waals surface area (Å²) in [6.07, 6.45) is -3.42. The predicted octanol–water partition coefficient (Wildman–Crippen LogP) is 2.50. The number of nitrogens with one attached hydrogen (secondary N) is 1. The van der Waals surface area contributed by atoms with Crippen LogP contribution in [0.25, 0.3) is 0 Å². The summed E-state index contributed by atoms with van der Waals surface area (Å²) in [7, 11) is 0. The molecule has 1 rings (SSSR count). The van der Waals surface area contributed by atoms with Crippen molar-refractivity contribution in [3.8, 4) is 0 Å². The zero-order chi connectivity index (χ0) is 19.0. The summed E-state index contributed by atoms with van der Waals surface area (Å²) in [6.45, 7) is 4.11. The van der Waals surface area contributed by atoms with E-state index in [1.165, 1.54) is 20.8 Å². The first kappa shape index (κ1) is 20.8. The number of rotatable bonds is 8. The molecule has 140 valence electrons. The minimum Gasteiger partial charge on any atom is -0.461 e. The number of halogens is 2. The average molecular weight is 359 g/mol. The van der Waals surface area contributed by atoms with Crippen molar-refractivity contribution in [2.45, 2.75) is 45.4 Å². The summed E-state index contributed by atoms with van der Waals surface area (Å²) < 4.78 is 37.2. The molecular weight excluding hydrogens is 336 g/mol. The monoisotopic (exact) mass is 359 g/mol. The first-order valence-electron chi connectivity index (χ1n) is 7.90. The molecule has 0 bridgehead atoms. The summed E-state index contributed by atoms with van der Waals surface area (Å²) in [6, 6.07) is 7.39. The van der Waals surface area contributed by atoms with Crippen molar-refractivity contribution in [1.29, 1.82) is 0 Å². The molecule has 0 aliphatic rings. The van der Waals surface area contributed by atoms with Gasteiger partial charge in [-0.15, -0.1) is 0 Å². The fourth-order valence-corrected chi connectivity index (χ4v) is 2.08. The molecule has 8 heteroatoms. The van der Waals surface area contributed by atoms with E-state index in [2.05, 4.69) is 10.1 Å². The van der Waals surface area contributed by atoms with E-state index in [0.29, 0.717) is 0 Å². The molecule has 0 spiro atoms. The maximum Gasteiger partial charge on any atom is 0.407 e. The average Bonchev–Trinajstić information content (AvgIpc) is 2.58. The summed E-state index contributed by atoms with van der Waals surface area (Å²) in [4.78, 5) is 23.2. The number of alkyl halides is 2. The van der Waals surface area contributed by atoms with Crippen LogP contribution in [-0.2, 0) is 20.9 Å². The molecule has 1 aromatic carbocycles. The zero-order valence-electron chi connectivity index (χ0n) is 14.4. The number of amides is 1. The van der Waals surface area contributed by atoms with Gasteiger partial charge in [-0.2, -0.15) is 8.78 Å². The Bertz CT molecular complexity index is 565. The van der Waals surface area contributed by atoms with Gasteiger partial charge >= 0.3 is 18.0 Å². The molecule has 1 amide bonds. The van der Waals surface area contributed by atoms with Crippen LogP contribution >= 0.6 is 0 Å². The lowest BCUT2D eigenvalue weighted by Crippen LogP contribution is -2.57. The van der Waals surface area contributed by atoms with Gasteiger partial charge in [-0.3, -0.25) is 0 Å². The van der Waals surface area contributed by atoms with E-state index in [4.69, 9.17) is 4.74 Å². The molecule has 0 aliphatic heterocycles. The molecule has 0 radical (unpaired) electrons. The Balaban J connectivity index is 2.72. The summed E-state index contributed by atoms with van der Waals surface area (Å²) in [5.41, 5.74) is 0.719. The number of benzene rings is 1. The quantitative estimate of drug-likeness (QED) is 0.697. The first-order valence-corrected chi connectivity index (χ1v) is 7.90. The number of esters is 1. The third kappa shape index (κ3) is 5.97. The summed E-state index contributed by atoms with van der Waals surface area (Å²) in [5, 5.41) is 12.1. The molecule has 2 N–H and O–H groups in total. The van der Waals surface area contributed by atoms with Gasteiger partial charge in [0.1, 0.15) is 12.7 Å². The number of alkyl carbamates (subject to hydrolysis) is 1. The van der Waals surface area contributed by atoms with Crippen molar-refractivity contribution in [2.75, 3.05) is 6.61 Å². The van der Waals surface area contributed by atoms with E-state index in [1.807, 2.05) is 0 Å². The van der Waals surface area contributed by atoms with Gasteiger partial charge < -0.3 is 19.9 Å². The zero-order valence-corrected chi connectivity index (χ0v) is 14.4. The highest BCUT2D eigenvalue weighted by atomic mass is 19.3. The number of hydrogen-bond donors (Lipinski definition) is 2. The van der Waals surface area contributed by atoms with Crippen LogP contribution in [0.15, 0.2) is 30.3 Å². The van der Waals surface area contributed by atoms with Crippen LogP contribution in [0.1, 0.15) is 26.3 Å². The Morgan fingerprint density at radius 2 is 1.80 bits per heavy atom. The lowest BCUT2D eigenvalue weighted by Gasteiger charge is -2.31. The molecule has 0 aromatic heterocycles. The Kier molecular flexibility index (Phi) is 7.76. The van der Waals surface area contributed by atoms with E-state index in [-0.39, 0.29) is 13.2 Å². The summed E-state index contributed by atoms with van der Waals surface area (Å²) in [5.74, 6) is -6.58. The number of aliphatic hydroxyl groups excluding tert-OH is 1. The lowest BCUT2D eigenvalue weighted by molar-refractivity contribution is -0.192. The van der Waals surface area contributed by atoms with Crippen molar-refractivity contribution in [3.63, 3.8) is 0 Å². The van der Waals surface area contributed by atoms with Crippen LogP contribution in [0.3, 0.4) is 0 Å². The standard InChI is InChI=1S/C17H23F2NO5/c1-4-24-15(22)17(18,19)14(21)13(11(2)3)20-16(23)25-10-12-8-6-5-7-9-12/h5-9,11,13-14,21H,4,10H2,1-3H3,(H,20,23)/t13-,14?/m0/s1. The lowest BCUT2D eigenvalue weighted by atomic mass is 9.94. The van der Waals surface area contributed by atoms with Crippen LogP contribution < -0.4 is 5.32 Å². The Labute approximate surface area is 145 Å². The second-order valence-electron chi connectivity index (χ2n) is 5.76. The maximum atomic E-state index is 14.0. The van der Waals surface area contributed by atoms with Crippen molar-refractivity contribution in [3.05, 3.63) is 35.9 Å². The molecule has 1 aromatic rings. The molecule has 0 fully saturated rings. The smallest absolute Gasteiger partial charge is 0.407 e. The van der Waals surface area contributed by atoms with E-state index < -0.39 is 36.0 Å². The van der Waals surface area contributed by atoms with Gasteiger partial charge in [0.15, 0.2) is 0 Å². The van der Waals surface area contributed by atoms with E-state index in [9.17, 15) is 23.5 Å². The number of carbonyl (C=O) groups excluding carboxylic acids is 2. The van der Waals surface area contributed by atoms with Crippen molar-refractivity contribution in [1.82, 2.24) is 5.32 Å². The molecule has 6 nitrogen and oxygen atoms in total. The van der Waals surface area contributed by atoms with Gasteiger partial charge in [0.25, 0.3) is 0 Å². The maximum absolute atomic E-state index is 14.0. The second kappa shape index (κ2) is 9.31. The van der Waals surface area contributed by atoms with E-state index in [0.717, 1.165) is 5.56 Å². The first-order chi connectivity index (χ1) is 11.7. The number of carbonyl (C=O) groups is 2. The highest BCUT2D eigenvalue weighted by Crippen LogP contribution is 2.26. The summed E-state index contributed by atoms with van der Waals surface area (Å²) >= 11 is 0. The van der Waals surface area contributed by atoms with Gasteiger partial charge in [-0.05, 0) is 18.4 Å². The molecule has 1 unspecified atom stereocenters. The van der Waals surface area contributed by atoms with Gasteiger partial charge in [-0.1, -0.05) is 44.2 Å². The Morgan fingerprint density at radius 3 is 2.32 bits per heavy atom. The molecule has 0 heterocycles. The molecule has 0 saturated heterocycles. The Morgan fingerprint density at radius 1 is 1.20 bits per heavy atom. The predicted molar refractivity (Wildman–Crippen MR) is 86.0 cm³/mol. The van der Waals surface area contributed by atoms with E-state index in [1.54, 1.807) is 30.3 Å². The van der Waals surface area contributed by atoms with Crippen LogP contribution in [0.5, 0.6) is 0 Å². The SMILES string of the molecule is CCOC(=O)C(F)(F)C(O)[C@@H](NC(=O)OCc1ccccc1)C(C)C. The van der Waals surface area contributed by atoms with Crippen LogP contribution in [-0.4, -0.2) is 41.8 Å². The van der Waals surface area contributed by atoms with Crippen molar-refractivity contribution < 1.29 is 33.0 Å².